The van der Waals surface area contributed by atoms with Crippen LogP contribution in [0.25, 0.3) is 22.0 Å². The third-order valence-corrected chi connectivity index (χ3v) is 5.81. The van der Waals surface area contributed by atoms with Crippen LogP contribution in [-0.2, 0) is 13.7 Å². The van der Waals surface area contributed by atoms with Gasteiger partial charge in [-0.05, 0) is 54.9 Å². The summed E-state index contributed by atoms with van der Waals surface area (Å²) < 4.78 is 7.31. The van der Waals surface area contributed by atoms with Gasteiger partial charge in [0.25, 0.3) is 0 Å². The summed E-state index contributed by atoms with van der Waals surface area (Å²) in [6.07, 6.45) is 6.71. The van der Waals surface area contributed by atoms with Crippen molar-refractivity contribution in [1.82, 2.24) is 20.1 Å². The molecule has 0 saturated carbocycles. The first kappa shape index (κ1) is 23.7. The van der Waals surface area contributed by atoms with Crippen molar-refractivity contribution in [3.05, 3.63) is 66.6 Å². The Bertz CT molecular complexity index is 1230. The molecule has 0 saturated heterocycles. The average molecular weight is 460 g/mol. The molecule has 0 radical (unpaired) electrons. The van der Waals surface area contributed by atoms with Gasteiger partial charge in [0.05, 0.1) is 25.4 Å². The number of methoxy groups -OCH3 is 1. The number of aliphatic hydroxyl groups is 1. The summed E-state index contributed by atoms with van der Waals surface area (Å²) in [4.78, 5) is 6.95. The van der Waals surface area contributed by atoms with Crippen molar-refractivity contribution in [2.24, 2.45) is 7.05 Å². The molecule has 0 aliphatic rings. The summed E-state index contributed by atoms with van der Waals surface area (Å²) in [6, 6.07) is 14.9. The maximum absolute atomic E-state index is 9.79. The Morgan fingerprint density at radius 1 is 1.06 bits per heavy atom. The molecule has 2 aromatic heterocycles. The van der Waals surface area contributed by atoms with E-state index in [0.29, 0.717) is 6.04 Å². The zero-order valence-corrected chi connectivity index (χ0v) is 20.3. The molecule has 7 heteroatoms. The van der Waals surface area contributed by atoms with E-state index in [-0.39, 0.29) is 6.61 Å². The summed E-state index contributed by atoms with van der Waals surface area (Å²) in [5.41, 5.74) is 5.90. The second kappa shape index (κ2) is 10.7. The van der Waals surface area contributed by atoms with Gasteiger partial charge >= 0.3 is 0 Å². The summed E-state index contributed by atoms with van der Waals surface area (Å²) in [7, 11) is 3.57. The number of ether oxygens (including phenoxy) is 1. The monoisotopic (exact) mass is 459 g/mol. The van der Waals surface area contributed by atoms with Gasteiger partial charge in [-0.25, -0.2) is 0 Å². The number of pyridine rings is 1. The number of hydrogen-bond acceptors (Lipinski definition) is 6. The normalized spacial score (nSPS) is 11.4. The number of anilines is 2. The molecule has 34 heavy (non-hydrogen) atoms. The van der Waals surface area contributed by atoms with E-state index in [1.165, 1.54) is 0 Å². The molecule has 4 aromatic rings. The average Bonchev–Trinajstić information content (AvgIpc) is 3.29. The van der Waals surface area contributed by atoms with Gasteiger partial charge in [0, 0.05) is 66.0 Å². The van der Waals surface area contributed by atoms with Gasteiger partial charge in [0.2, 0.25) is 0 Å². The van der Waals surface area contributed by atoms with E-state index >= 15 is 0 Å². The van der Waals surface area contributed by atoms with Gasteiger partial charge in [0.1, 0.15) is 5.75 Å². The molecule has 2 heterocycles. The van der Waals surface area contributed by atoms with E-state index in [1.807, 2.05) is 43.8 Å². The maximum Gasteiger partial charge on any atom is 0.121 e. The molecule has 0 amide bonds. The maximum atomic E-state index is 9.79. The lowest BCUT2D eigenvalue weighted by atomic mass is 10.1. The number of aliphatic hydroxyl groups excluding tert-OH is 1. The van der Waals surface area contributed by atoms with Crippen molar-refractivity contribution in [1.29, 1.82) is 0 Å². The zero-order chi connectivity index (χ0) is 24.1. The van der Waals surface area contributed by atoms with E-state index in [9.17, 15) is 5.11 Å². The molecule has 0 spiro atoms. The lowest BCUT2D eigenvalue weighted by Crippen LogP contribution is -2.27. The first-order chi connectivity index (χ1) is 16.5. The minimum absolute atomic E-state index is 0.0386. The minimum atomic E-state index is -0.0386. The predicted molar refractivity (Wildman–Crippen MR) is 138 cm³/mol. The van der Waals surface area contributed by atoms with Gasteiger partial charge in [-0.2, -0.15) is 5.10 Å². The smallest absolute Gasteiger partial charge is 0.121 e. The van der Waals surface area contributed by atoms with Crippen LogP contribution in [0.1, 0.15) is 25.8 Å². The Morgan fingerprint density at radius 2 is 1.91 bits per heavy atom. The number of fused-ring (bicyclic) bond motifs is 1. The molecule has 2 N–H and O–H groups in total. The summed E-state index contributed by atoms with van der Waals surface area (Å²) in [6.45, 7) is 6.01. The van der Waals surface area contributed by atoms with Crippen LogP contribution in [-0.4, -0.2) is 46.1 Å². The molecule has 7 nitrogen and oxygen atoms in total. The Balaban J connectivity index is 1.72. The van der Waals surface area contributed by atoms with Crippen LogP contribution < -0.4 is 15.0 Å². The topological polar surface area (TPSA) is 75.4 Å². The van der Waals surface area contributed by atoms with Gasteiger partial charge in [-0.15, -0.1) is 0 Å². The number of hydrogen-bond donors (Lipinski definition) is 2. The van der Waals surface area contributed by atoms with E-state index in [1.54, 1.807) is 11.8 Å². The van der Waals surface area contributed by atoms with Crippen LogP contribution in [0.3, 0.4) is 0 Å². The van der Waals surface area contributed by atoms with Gasteiger partial charge in [0.15, 0.2) is 0 Å². The first-order valence-electron chi connectivity index (χ1n) is 11.7. The minimum Gasteiger partial charge on any atom is -0.497 e. The van der Waals surface area contributed by atoms with Crippen molar-refractivity contribution in [3.8, 4) is 16.9 Å². The Morgan fingerprint density at radius 3 is 2.62 bits per heavy atom. The van der Waals surface area contributed by atoms with Crippen molar-refractivity contribution < 1.29 is 9.84 Å². The molecule has 0 unspecified atom stereocenters. The van der Waals surface area contributed by atoms with Crippen molar-refractivity contribution in [2.75, 3.05) is 25.1 Å². The molecule has 178 valence electrons. The summed E-state index contributed by atoms with van der Waals surface area (Å²) >= 11 is 0. The van der Waals surface area contributed by atoms with Gasteiger partial charge in [-0.3, -0.25) is 9.67 Å². The van der Waals surface area contributed by atoms with Crippen molar-refractivity contribution >= 4 is 22.3 Å². The molecule has 0 atom stereocenters. The fraction of sp³-hybridized carbons (Fsp3) is 0.333. The number of nitrogens with zero attached hydrogens (tertiary/aromatic N) is 4. The summed E-state index contributed by atoms with van der Waals surface area (Å²) in [5, 5.41) is 18.6. The van der Waals surface area contributed by atoms with Gasteiger partial charge in [-0.1, -0.05) is 13.8 Å². The van der Waals surface area contributed by atoms with E-state index in [2.05, 4.69) is 58.4 Å². The molecule has 0 aliphatic heterocycles. The van der Waals surface area contributed by atoms with Crippen LogP contribution in [0.4, 0.5) is 11.4 Å². The van der Waals surface area contributed by atoms with Crippen molar-refractivity contribution in [3.63, 3.8) is 0 Å². The third kappa shape index (κ3) is 5.55. The molecular weight excluding hydrogens is 426 g/mol. The van der Waals surface area contributed by atoms with E-state index < -0.39 is 0 Å². The quantitative estimate of drug-likeness (QED) is 0.336. The van der Waals surface area contributed by atoms with Crippen LogP contribution in [0.15, 0.2) is 61.1 Å². The van der Waals surface area contributed by atoms with Crippen LogP contribution >= 0.6 is 0 Å². The number of benzene rings is 2. The fourth-order valence-corrected chi connectivity index (χ4v) is 4.06. The highest BCUT2D eigenvalue weighted by molar-refractivity contribution is 5.87. The zero-order valence-electron chi connectivity index (χ0n) is 20.3. The highest BCUT2D eigenvalue weighted by Crippen LogP contribution is 2.33. The SMILES string of the molecule is COc1cc(CO)cc(N(CCCNC(C)C)c2ccc3ncc(-c4cnn(C)c4)cc3c2)c1. The van der Waals surface area contributed by atoms with Gasteiger partial charge < -0.3 is 20.1 Å². The Kier molecular flexibility index (Phi) is 7.45. The summed E-state index contributed by atoms with van der Waals surface area (Å²) in [5.74, 6) is 0.730. The van der Waals surface area contributed by atoms with E-state index in [0.717, 1.165) is 64.2 Å². The molecule has 2 aromatic carbocycles. The lowest BCUT2D eigenvalue weighted by Gasteiger charge is -2.27. The lowest BCUT2D eigenvalue weighted by molar-refractivity contribution is 0.281. The van der Waals surface area contributed by atoms with Crippen LogP contribution in [0.2, 0.25) is 0 Å². The molecule has 4 rings (SSSR count). The first-order valence-corrected chi connectivity index (χ1v) is 11.7. The standard InChI is InChI=1S/C27H33N5O2/c1-19(2)28-8-5-9-32(25-10-20(18-33)11-26(14-25)34-4)24-6-7-27-21(13-24)12-22(15-29-27)23-16-30-31(3)17-23/h6-7,10-17,19,28,33H,5,8-9,18H2,1-4H3. The fourth-order valence-electron chi connectivity index (χ4n) is 4.06. The third-order valence-electron chi connectivity index (χ3n) is 5.81. The number of rotatable bonds is 10. The van der Waals surface area contributed by atoms with Crippen LogP contribution in [0.5, 0.6) is 5.75 Å². The molecular formula is C27H33N5O2. The highest BCUT2D eigenvalue weighted by atomic mass is 16.5. The second-order valence-electron chi connectivity index (χ2n) is 8.82. The number of nitrogens with one attached hydrogen (secondary N) is 1. The second-order valence-corrected chi connectivity index (χ2v) is 8.82. The highest BCUT2D eigenvalue weighted by Gasteiger charge is 2.14. The van der Waals surface area contributed by atoms with E-state index in [4.69, 9.17) is 4.74 Å². The largest absolute Gasteiger partial charge is 0.497 e. The number of aryl methyl sites for hydroxylation is 1. The molecule has 0 bridgehead atoms. The molecule has 0 fully saturated rings. The van der Waals surface area contributed by atoms with Crippen molar-refractivity contribution in [2.45, 2.75) is 32.9 Å². The molecule has 0 aliphatic carbocycles. The Hall–Kier alpha value is -3.42. The number of aromatic nitrogens is 3. The predicted octanol–water partition coefficient (Wildman–Crippen LogP) is 4.66. The van der Waals surface area contributed by atoms with Crippen LogP contribution in [0, 0.1) is 0 Å². The Labute approximate surface area is 201 Å².